The highest BCUT2D eigenvalue weighted by molar-refractivity contribution is 5.78. The van der Waals surface area contributed by atoms with E-state index in [9.17, 15) is 4.79 Å². The minimum Gasteiger partial charge on any atom is -0.355 e. The van der Waals surface area contributed by atoms with Crippen molar-refractivity contribution in [1.82, 2.24) is 10.2 Å². The van der Waals surface area contributed by atoms with Crippen molar-refractivity contribution in [1.29, 1.82) is 0 Å². The van der Waals surface area contributed by atoms with Gasteiger partial charge in [-0.25, -0.2) is 0 Å². The zero-order valence-electron chi connectivity index (χ0n) is 10.5. The van der Waals surface area contributed by atoms with Gasteiger partial charge in [0.25, 0.3) is 0 Å². The topological polar surface area (TPSA) is 58.4 Å². The van der Waals surface area contributed by atoms with Crippen LogP contribution in [-0.2, 0) is 4.79 Å². The molecule has 1 unspecified atom stereocenters. The Hall–Kier alpha value is -0.610. The van der Waals surface area contributed by atoms with E-state index < -0.39 is 0 Å². The zero-order valence-corrected chi connectivity index (χ0v) is 10.5. The summed E-state index contributed by atoms with van der Waals surface area (Å²) in [6.07, 6.45) is 2.56. The Morgan fingerprint density at radius 1 is 1.56 bits per heavy atom. The highest BCUT2D eigenvalue weighted by atomic mass is 16.2. The Morgan fingerprint density at radius 2 is 2.25 bits per heavy atom. The fourth-order valence-corrected chi connectivity index (χ4v) is 1.66. The largest absolute Gasteiger partial charge is 0.355 e. The lowest BCUT2D eigenvalue weighted by Crippen LogP contribution is -2.40. The third-order valence-corrected chi connectivity index (χ3v) is 3.07. The lowest BCUT2D eigenvalue weighted by atomic mass is 10.1. The summed E-state index contributed by atoms with van der Waals surface area (Å²) in [6.45, 7) is 8.06. The third-order valence-electron chi connectivity index (χ3n) is 3.07. The second-order valence-electron chi connectivity index (χ2n) is 4.92. The molecular weight excluding hydrogens is 202 g/mol. The maximum atomic E-state index is 11.6. The SMILES string of the molecule is CCN(CC(=O)NCC1CC1)CC(C)CN. The van der Waals surface area contributed by atoms with Gasteiger partial charge in [0.1, 0.15) is 0 Å². The van der Waals surface area contributed by atoms with Crippen molar-refractivity contribution in [2.24, 2.45) is 17.6 Å². The predicted molar refractivity (Wildman–Crippen MR) is 66.1 cm³/mol. The standard InChI is InChI=1S/C12H25N3O/c1-3-15(8-10(2)6-13)9-12(16)14-7-11-4-5-11/h10-11H,3-9,13H2,1-2H3,(H,14,16). The van der Waals surface area contributed by atoms with Crippen molar-refractivity contribution < 1.29 is 4.79 Å². The van der Waals surface area contributed by atoms with E-state index in [2.05, 4.69) is 24.1 Å². The second kappa shape index (κ2) is 6.86. The molecule has 1 aliphatic rings. The number of nitrogens with two attached hydrogens (primary N) is 1. The molecule has 94 valence electrons. The molecular formula is C12H25N3O. The van der Waals surface area contributed by atoms with Crippen LogP contribution in [0.1, 0.15) is 26.7 Å². The van der Waals surface area contributed by atoms with Crippen LogP contribution in [0.4, 0.5) is 0 Å². The van der Waals surface area contributed by atoms with Crippen LogP contribution in [0.15, 0.2) is 0 Å². The molecule has 0 aromatic heterocycles. The van der Waals surface area contributed by atoms with Crippen molar-refractivity contribution in [3.05, 3.63) is 0 Å². The first-order chi connectivity index (χ1) is 7.65. The molecule has 0 aliphatic heterocycles. The minimum atomic E-state index is 0.151. The lowest BCUT2D eigenvalue weighted by Gasteiger charge is -2.22. The Balaban J connectivity index is 2.16. The number of carbonyl (C=O) groups is 1. The van der Waals surface area contributed by atoms with Crippen LogP contribution in [0.5, 0.6) is 0 Å². The summed E-state index contributed by atoms with van der Waals surface area (Å²) in [5, 5.41) is 2.99. The molecule has 16 heavy (non-hydrogen) atoms. The fourth-order valence-electron chi connectivity index (χ4n) is 1.66. The van der Waals surface area contributed by atoms with Crippen LogP contribution in [0.3, 0.4) is 0 Å². The normalized spacial score (nSPS) is 17.5. The minimum absolute atomic E-state index is 0.151. The highest BCUT2D eigenvalue weighted by Gasteiger charge is 2.22. The molecule has 1 fully saturated rings. The number of nitrogens with zero attached hydrogens (tertiary/aromatic N) is 1. The first-order valence-corrected chi connectivity index (χ1v) is 6.34. The molecule has 3 N–H and O–H groups in total. The van der Waals surface area contributed by atoms with Crippen molar-refractivity contribution in [2.75, 3.05) is 32.7 Å². The second-order valence-corrected chi connectivity index (χ2v) is 4.92. The van der Waals surface area contributed by atoms with Crippen LogP contribution in [0.2, 0.25) is 0 Å². The summed E-state index contributed by atoms with van der Waals surface area (Å²) in [4.78, 5) is 13.8. The molecule has 4 heteroatoms. The monoisotopic (exact) mass is 227 g/mol. The molecule has 0 aromatic carbocycles. The van der Waals surface area contributed by atoms with Gasteiger partial charge in [0.05, 0.1) is 6.54 Å². The van der Waals surface area contributed by atoms with Gasteiger partial charge >= 0.3 is 0 Å². The van der Waals surface area contributed by atoms with Crippen LogP contribution >= 0.6 is 0 Å². The molecule has 1 amide bonds. The van der Waals surface area contributed by atoms with E-state index in [1.54, 1.807) is 0 Å². The number of hydrogen-bond acceptors (Lipinski definition) is 3. The van der Waals surface area contributed by atoms with Gasteiger partial charge in [-0.05, 0) is 37.8 Å². The first kappa shape index (κ1) is 13.5. The van der Waals surface area contributed by atoms with Gasteiger partial charge in [0.15, 0.2) is 0 Å². The molecule has 1 rings (SSSR count). The Labute approximate surface area is 98.6 Å². The predicted octanol–water partition coefficient (Wildman–Crippen LogP) is 0.429. The van der Waals surface area contributed by atoms with Crippen molar-refractivity contribution >= 4 is 5.91 Å². The fraction of sp³-hybridized carbons (Fsp3) is 0.917. The third kappa shape index (κ3) is 5.47. The molecule has 0 aromatic rings. The van der Waals surface area contributed by atoms with Gasteiger partial charge < -0.3 is 11.1 Å². The molecule has 4 nitrogen and oxygen atoms in total. The average molecular weight is 227 g/mol. The van der Waals surface area contributed by atoms with E-state index in [-0.39, 0.29) is 5.91 Å². The zero-order chi connectivity index (χ0) is 12.0. The number of hydrogen-bond donors (Lipinski definition) is 2. The van der Waals surface area contributed by atoms with Crippen LogP contribution in [0.25, 0.3) is 0 Å². The van der Waals surface area contributed by atoms with Gasteiger partial charge in [-0.3, -0.25) is 9.69 Å². The molecule has 0 heterocycles. The van der Waals surface area contributed by atoms with Gasteiger partial charge in [0, 0.05) is 13.1 Å². The Morgan fingerprint density at radius 3 is 2.75 bits per heavy atom. The maximum Gasteiger partial charge on any atom is 0.234 e. The summed E-state index contributed by atoms with van der Waals surface area (Å²) in [5.74, 6) is 1.36. The van der Waals surface area contributed by atoms with Crippen molar-refractivity contribution in [2.45, 2.75) is 26.7 Å². The van der Waals surface area contributed by atoms with E-state index in [0.29, 0.717) is 19.0 Å². The Bertz CT molecular complexity index is 216. The molecule has 1 atom stereocenters. The number of nitrogens with one attached hydrogen (secondary N) is 1. The van der Waals surface area contributed by atoms with E-state index >= 15 is 0 Å². The number of amides is 1. The van der Waals surface area contributed by atoms with E-state index in [0.717, 1.165) is 25.6 Å². The molecule has 0 radical (unpaired) electrons. The summed E-state index contributed by atoms with van der Waals surface area (Å²) in [6, 6.07) is 0. The van der Waals surface area contributed by atoms with Crippen molar-refractivity contribution in [3.8, 4) is 0 Å². The van der Waals surface area contributed by atoms with Gasteiger partial charge in [-0.1, -0.05) is 13.8 Å². The molecule has 0 saturated heterocycles. The highest BCUT2D eigenvalue weighted by Crippen LogP contribution is 2.27. The number of likely N-dealkylation sites (N-methyl/N-ethyl adjacent to an activating group) is 1. The summed E-state index contributed by atoms with van der Waals surface area (Å²) in [7, 11) is 0. The van der Waals surface area contributed by atoms with Gasteiger partial charge in [-0.15, -0.1) is 0 Å². The average Bonchev–Trinajstić information content (AvgIpc) is 3.09. The Kier molecular flexibility index (Phi) is 5.77. The summed E-state index contributed by atoms with van der Waals surface area (Å²) in [5.41, 5.74) is 5.59. The summed E-state index contributed by atoms with van der Waals surface area (Å²) >= 11 is 0. The van der Waals surface area contributed by atoms with Gasteiger partial charge in [0.2, 0.25) is 5.91 Å². The number of rotatable bonds is 8. The van der Waals surface area contributed by atoms with E-state index in [1.807, 2.05) is 0 Å². The smallest absolute Gasteiger partial charge is 0.234 e. The van der Waals surface area contributed by atoms with Crippen molar-refractivity contribution in [3.63, 3.8) is 0 Å². The van der Waals surface area contributed by atoms with E-state index in [1.165, 1.54) is 12.8 Å². The summed E-state index contributed by atoms with van der Waals surface area (Å²) < 4.78 is 0. The maximum absolute atomic E-state index is 11.6. The van der Waals surface area contributed by atoms with Gasteiger partial charge in [-0.2, -0.15) is 0 Å². The van der Waals surface area contributed by atoms with Crippen LogP contribution in [0, 0.1) is 11.8 Å². The number of carbonyl (C=O) groups excluding carboxylic acids is 1. The lowest BCUT2D eigenvalue weighted by molar-refractivity contribution is -0.122. The molecule has 0 bridgehead atoms. The van der Waals surface area contributed by atoms with E-state index in [4.69, 9.17) is 5.73 Å². The first-order valence-electron chi connectivity index (χ1n) is 6.34. The van der Waals surface area contributed by atoms with Crippen LogP contribution < -0.4 is 11.1 Å². The molecule has 0 spiro atoms. The molecule has 1 saturated carbocycles. The molecule has 1 aliphatic carbocycles. The van der Waals surface area contributed by atoms with Crippen LogP contribution in [-0.4, -0.2) is 43.5 Å². The quantitative estimate of drug-likeness (QED) is 0.632.